The summed E-state index contributed by atoms with van der Waals surface area (Å²) in [7, 11) is 0. The molecular formula is C9H15N5O4. The van der Waals surface area contributed by atoms with Gasteiger partial charge in [0, 0.05) is 13.1 Å². The lowest BCUT2D eigenvalue weighted by atomic mass is 10.5. The van der Waals surface area contributed by atoms with Gasteiger partial charge in [0.05, 0.1) is 19.3 Å². The van der Waals surface area contributed by atoms with E-state index in [2.05, 4.69) is 15.6 Å². The van der Waals surface area contributed by atoms with E-state index >= 15 is 0 Å². The summed E-state index contributed by atoms with van der Waals surface area (Å²) < 4.78 is 6.27. The fourth-order valence-electron chi connectivity index (χ4n) is 1.11. The molecular weight excluding hydrogens is 242 g/mol. The topological polar surface area (TPSA) is 132 Å². The number of ether oxygens (including phenoxy) is 1. The van der Waals surface area contributed by atoms with Gasteiger partial charge in [0.2, 0.25) is 5.91 Å². The fourth-order valence-corrected chi connectivity index (χ4v) is 1.11. The Labute approximate surface area is 103 Å². The maximum Gasteiger partial charge on any atom is 0.358 e. The van der Waals surface area contributed by atoms with Gasteiger partial charge in [-0.05, 0) is 0 Å². The average molecular weight is 257 g/mol. The number of nitrogens with two attached hydrogens (primary N) is 1. The minimum absolute atomic E-state index is 0.0467. The van der Waals surface area contributed by atoms with Crippen LogP contribution in [0.25, 0.3) is 0 Å². The van der Waals surface area contributed by atoms with Crippen molar-refractivity contribution >= 4 is 11.9 Å². The summed E-state index contributed by atoms with van der Waals surface area (Å²) in [6.45, 7) is 1.30. The Morgan fingerprint density at radius 1 is 1.56 bits per heavy atom. The third-order valence-corrected chi connectivity index (χ3v) is 1.92. The number of nitrogens with zero attached hydrogens (tertiary/aromatic N) is 3. The van der Waals surface area contributed by atoms with Crippen LogP contribution in [0.1, 0.15) is 10.5 Å². The Kier molecular flexibility index (Phi) is 5.74. The molecule has 0 unspecified atom stereocenters. The van der Waals surface area contributed by atoms with Gasteiger partial charge in [-0.2, -0.15) is 0 Å². The SMILES string of the molecule is NCCOCC(=O)NCCn1cc(C(=O)O)nn1. The maximum atomic E-state index is 11.2. The second-order valence-electron chi connectivity index (χ2n) is 3.36. The summed E-state index contributed by atoms with van der Waals surface area (Å²) >= 11 is 0. The van der Waals surface area contributed by atoms with Crippen molar-refractivity contribution in [1.29, 1.82) is 0 Å². The quantitative estimate of drug-likeness (QED) is 0.462. The minimum Gasteiger partial charge on any atom is -0.476 e. The van der Waals surface area contributed by atoms with E-state index in [9.17, 15) is 9.59 Å². The first-order valence-corrected chi connectivity index (χ1v) is 5.31. The highest BCUT2D eigenvalue weighted by molar-refractivity contribution is 5.84. The molecule has 1 heterocycles. The van der Waals surface area contributed by atoms with E-state index < -0.39 is 5.97 Å². The molecule has 0 saturated carbocycles. The first-order valence-electron chi connectivity index (χ1n) is 5.31. The molecule has 0 aliphatic carbocycles. The molecule has 18 heavy (non-hydrogen) atoms. The van der Waals surface area contributed by atoms with Crippen molar-refractivity contribution in [2.24, 2.45) is 5.73 Å². The molecule has 0 atom stereocenters. The monoisotopic (exact) mass is 257 g/mol. The summed E-state index contributed by atoms with van der Waals surface area (Å²) in [6, 6.07) is 0. The molecule has 1 amide bonds. The smallest absolute Gasteiger partial charge is 0.358 e. The molecule has 100 valence electrons. The van der Waals surface area contributed by atoms with Gasteiger partial charge in [0.25, 0.3) is 0 Å². The number of carbonyl (C=O) groups excluding carboxylic acids is 1. The van der Waals surface area contributed by atoms with Crippen molar-refractivity contribution in [3.8, 4) is 0 Å². The molecule has 1 aromatic heterocycles. The number of hydrogen-bond donors (Lipinski definition) is 3. The normalized spacial score (nSPS) is 10.3. The van der Waals surface area contributed by atoms with Gasteiger partial charge in [-0.3, -0.25) is 4.79 Å². The van der Waals surface area contributed by atoms with Crippen LogP contribution in [0.4, 0.5) is 0 Å². The van der Waals surface area contributed by atoms with E-state index in [-0.39, 0.29) is 18.2 Å². The van der Waals surface area contributed by atoms with E-state index in [1.165, 1.54) is 10.9 Å². The molecule has 1 aromatic rings. The van der Waals surface area contributed by atoms with Crippen LogP contribution in [-0.2, 0) is 16.1 Å². The molecule has 0 fully saturated rings. The Morgan fingerprint density at radius 2 is 2.33 bits per heavy atom. The highest BCUT2D eigenvalue weighted by Gasteiger charge is 2.08. The number of nitrogens with one attached hydrogen (secondary N) is 1. The van der Waals surface area contributed by atoms with Crippen LogP contribution in [0.2, 0.25) is 0 Å². The maximum absolute atomic E-state index is 11.2. The standard InChI is InChI=1S/C9H15N5O4/c10-1-4-18-6-8(15)11-2-3-14-5-7(9(16)17)12-13-14/h5H,1-4,6,10H2,(H,11,15)(H,16,17). The number of aromatic nitrogens is 3. The predicted octanol–water partition coefficient (Wildman–Crippen LogP) is -1.93. The van der Waals surface area contributed by atoms with E-state index in [1.807, 2.05) is 0 Å². The number of carboxylic acid groups (broad SMARTS) is 1. The molecule has 0 aliphatic rings. The zero-order valence-electron chi connectivity index (χ0n) is 9.70. The van der Waals surface area contributed by atoms with Crippen molar-refractivity contribution in [2.75, 3.05) is 26.3 Å². The number of carbonyl (C=O) groups is 2. The van der Waals surface area contributed by atoms with Crippen LogP contribution < -0.4 is 11.1 Å². The number of rotatable bonds is 8. The molecule has 0 aromatic carbocycles. The molecule has 0 aliphatic heterocycles. The Balaban J connectivity index is 2.20. The van der Waals surface area contributed by atoms with E-state index in [4.69, 9.17) is 15.6 Å². The lowest BCUT2D eigenvalue weighted by molar-refractivity contribution is -0.125. The zero-order chi connectivity index (χ0) is 13.4. The summed E-state index contributed by atoms with van der Waals surface area (Å²) in [5, 5.41) is 18.2. The molecule has 1 rings (SSSR count). The van der Waals surface area contributed by atoms with Gasteiger partial charge in [-0.15, -0.1) is 5.10 Å². The largest absolute Gasteiger partial charge is 0.476 e. The van der Waals surface area contributed by atoms with Crippen LogP contribution in [0, 0.1) is 0 Å². The first-order chi connectivity index (χ1) is 8.63. The molecule has 9 heteroatoms. The Hall–Kier alpha value is -2.00. The van der Waals surface area contributed by atoms with Gasteiger partial charge >= 0.3 is 5.97 Å². The molecule has 4 N–H and O–H groups in total. The van der Waals surface area contributed by atoms with Crippen LogP contribution >= 0.6 is 0 Å². The van der Waals surface area contributed by atoms with Crippen molar-refractivity contribution < 1.29 is 19.4 Å². The molecule has 9 nitrogen and oxygen atoms in total. The highest BCUT2D eigenvalue weighted by Crippen LogP contribution is 1.91. The minimum atomic E-state index is -1.14. The highest BCUT2D eigenvalue weighted by atomic mass is 16.5. The predicted molar refractivity (Wildman–Crippen MR) is 59.9 cm³/mol. The number of amides is 1. The summed E-state index contributed by atoms with van der Waals surface area (Å²) in [5.74, 6) is -1.40. The van der Waals surface area contributed by atoms with Crippen molar-refractivity contribution in [2.45, 2.75) is 6.54 Å². The lowest BCUT2D eigenvalue weighted by Gasteiger charge is -2.05. The molecule has 0 bridgehead atoms. The molecule has 0 spiro atoms. The van der Waals surface area contributed by atoms with Crippen LogP contribution in [0.15, 0.2) is 6.20 Å². The average Bonchev–Trinajstić information content (AvgIpc) is 2.78. The van der Waals surface area contributed by atoms with Gasteiger partial charge in [0.1, 0.15) is 6.61 Å². The third-order valence-electron chi connectivity index (χ3n) is 1.92. The van der Waals surface area contributed by atoms with Crippen LogP contribution in [0.3, 0.4) is 0 Å². The Morgan fingerprint density at radius 3 is 2.94 bits per heavy atom. The Bertz CT molecular complexity index is 405. The van der Waals surface area contributed by atoms with Crippen LogP contribution in [-0.4, -0.2) is 58.3 Å². The second kappa shape index (κ2) is 7.35. The summed E-state index contributed by atoms with van der Waals surface area (Å²) in [6.07, 6.45) is 1.29. The van der Waals surface area contributed by atoms with Gasteiger partial charge in [0.15, 0.2) is 5.69 Å². The number of hydrogen-bond acceptors (Lipinski definition) is 6. The van der Waals surface area contributed by atoms with Crippen molar-refractivity contribution in [3.63, 3.8) is 0 Å². The van der Waals surface area contributed by atoms with Crippen molar-refractivity contribution in [3.05, 3.63) is 11.9 Å². The third kappa shape index (κ3) is 4.89. The van der Waals surface area contributed by atoms with E-state index in [1.54, 1.807) is 0 Å². The van der Waals surface area contributed by atoms with E-state index in [0.29, 0.717) is 26.2 Å². The number of aromatic carboxylic acids is 1. The lowest BCUT2D eigenvalue weighted by Crippen LogP contribution is -2.31. The summed E-state index contributed by atoms with van der Waals surface area (Å²) in [4.78, 5) is 21.7. The second-order valence-corrected chi connectivity index (χ2v) is 3.36. The molecule has 0 saturated heterocycles. The van der Waals surface area contributed by atoms with Gasteiger partial charge in [-0.1, -0.05) is 5.21 Å². The molecule has 0 radical (unpaired) electrons. The number of carboxylic acids is 1. The fraction of sp³-hybridized carbons (Fsp3) is 0.556. The van der Waals surface area contributed by atoms with Crippen LogP contribution in [0.5, 0.6) is 0 Å². The zero-order valence-corrected chi connectivity index (χ0v) is 9.70. The van der Waals surface area contributed by atoms with Crippen molar-refractivity contribution in [1.82, 2.24) is 20.3 Å². The first kappa shape index (κ1) is 14.1. The van der Waals surface area contributed by atoms with Gasteiger partial charge in [-0.25, -0.2) is 9.48 Å². The van der Waals surface area contributed by atoms with E-state index in [0.717, 1.165) is 0 Å². The summed E-state index contributed by atoms with van der Waals surface area (Å²) in [5.41, 5.74) is 5.06. The van der Waals surface area contributed by atoms with Gasteiger partial charge < -0.3 is 20.9 Å².